The highest BCUT2D eigenvalue weighted by Crippen LogP contribution is 2.25. The summed E-state index contributed by atoms with van der Waals surface area (Å²) in [6, 6.07) is 4.16. The quantitative estimate of drug-likeness (QED) is 0.643. The molecule has 0 spiro atoms. The SMILES string of the molecule is CCn1cncc1COc1ccc([N+](=O)[O-])cc1CO. The van der Waals surface area contributed by atoms with Crippen molar-refractivity contribution in [3.05, 3.63) is 52.1 Å². The molecule has 0 aliphatic heterocycles. The summed E-state index contributed by atoms with van der Waals surface area (Å²) in [7, 11) is 0. The molecule has 1 N–H and O–H groups in total. The maximum atomic E-state index is 10.7. The van der Waals surface area contributed by atoms with Gasteiger partial charge in [-0.2, -0.15) is 0 Å². The summed E-state index contributed by atoms with van der Waals surface area (Å²) in [5, 5.41) is 19.9. The van der Waals surface area contributed by atoms with Gasteiger partial charge in [0.05, 0.1) is 29.7 Å². The fraction of sp³-hybridized carbons (Fsp3) is 0.308. The summed E-state index contributed by atoms with van der Waals surface area (Å²) in [4.78, 5) is 14.2. The second-order valence-corrected chi connectivity index (χ2v) is 4.17. The molecule has 20 heavy (non-hydrogen) atoms. The molecule has 106 valence electrons. The van der Waals surface area contributed by atoms with Gasteiger partial charge in [0.1, 0.15) is 12.4 Å². The van der Waals surface area contributed by atoms with E-state index in [9.17, 15) is 15.2 Å². The van der Waals surface area contributed by atoms with Crippen LogP contribution >= 0.6 is 0 Å². The van der Waals surface area contributed by atoms with Gasteiger partial charge in [0, 0.05) is 24.2 Å². The van der Waals surface area contributed by atoms with E-state index in [2.05, 4.69) is 4.98 Å². The largest absolute Gasteiger partial charge is 0.487 e. The van der Waals surface area contributed by atoms with Crippen molar-refractivity contribution in [2.24, 2.45) is 0 Å². The second kappa shape index (κ2) is 6.16. The number of hydrogen-bond donors (Lipinski definition) is 1. The molecule has 7 heteroatoms. The summed E-state index contributed by atoms with van der Waals surface area (Å²) in [5.74, 6) is 0.432. The number of benzene rings is 1. The van der Waals surface area contributed by atoms with Crippen molar-refractivity contribution in [2.45, 2.75) is 26.7 Å². The maximum absolute atomic E-state index is 10.7. The number of nitrogens with zero attached hydrogens (tertiary/aromatic N) is 3. The Kier molecular flexibility index (Phi) is 4.31. The summed E-state index contributed by atoms with van der Waals surface area (Å²) in [5.41, 5.74) is 1.22. The number of aliphatic hydroxyl groups is 1. The van der Waals surface area contributed by atoms with Gasteiger partial charge in [-0.15, -0.1) is 0 Å². The minimum Gasteiger partial charge on any atom is -0.487 e. The first-order chi connectivity index (χ1) is 9.65. The van der Waals surface area contributed by atoms with Crippen molar-refractivity contribution in [2.75, 3.05) is 0 Å². The van der Waals surface area contributed by atoms with Crippen LogP contribution in [0.1, 0.15) is 18.2 Å². The number of aromatic nitrogens is 2. The van der Waals surface area contributed by atoms with E-state index in [4.69, 9.17) is 4.74 Å². The number of non-ortho nitro benzene ring substituents is 1. The van der Waals surface area contributed by atoms with Gasteiger partial charge in [0.2, 0.25) is 0 Å². The number of imidazole rings is 1. The number of rotatable bonds is 6. The van der Waals surface area contributed by atoms with Crippen molar-refractivity contribution in [3.8, 4) is 5.75 Å². The Bertz CT molecular complexity index is 609. The standard InChI is InChI=1S/C13H15N3O4/c1-2-15-9-14-6-12(15)8-20-13-4-3-11(16(18)19)5-10(13)7-17/h3-6,9,17H,2,7-8H2,1H3. The molecule has 0 aliphatic carbocycles. The Labute approximate surface area is 115 Å². The fourth-order valence-corrected chi connectivity index (χ4v) is 1.85. The molecule has 0 aliphatic rings. The smallest absolute Gasteiger partial charge is 0.270 e. The second-order valence-electron chi connectivity index (χ2n) is 4.17. The number of ether oxygens (including phenoxy) is 1. The summed E-state index contributed by atoms with van der Waals surface area (Å²) in [6.07, 6.45) is 3.41. The Balaban J connectivity index is 2.15. The van der Waals surface area contributed by atoms with E-state index < -0.39 is 4.92 Å². The Hall–Kier alpha value is -2.41. The van der Waals surface area contributed by atoms with Crippen molar-refractivity contribution in [1.82, 2.24) is 9.55 Å². The van der Waals surface area contributed by atoms with E-state index in [0.29, 0.717) is 17.9 Å². The lowest BCUT2D eigenvalue weighted by atomic mass is 10.2. The molecule has 2 aromatic rings. The first kappa shape index (κ1) is 14.0. The van der Waals surface area contributed by atoms with E-state index in [1.54, 1.807) is 12.5 Å². The maximum Gasteiger partial charge on any atom is 0.270 e. The third-order valence-corrected chi connectivity index (χ3v) is 2.94. The van der Waals surface area contributed by atoms with Crippen LogP contribution in [0.15, 0.2) is 30.7 Å². The van der Waals surface area contributed by atoms with Crippen molar-refractivity contribution in [3.63, 3.8) is 0 Å². The van der Waals surface area contributed by atoms with Crippen molar-refractivity contribution >= 4 is 5.69 Å². The van der Waals surface area contributed by atoms with E-state index in [-0.39, 0.29) is 12.3 Å². The zero-order valence-electron chi connectivity index (χ0n) is 11.0. The predicted molar refractivity (Wildman–Crippen MR) is 71.3 cm³/mol. The Morgan fingerprint density at radius 1 is 1.50 bits per heavy atom. The van der Waals surface area contributed by atoms with Gasteiger partial charge in [-0.25, -0.2) is 4.98 Å². The lowest BCUT2D eigenvalue weighted by molar-refractivity contribution is -0.385. The number of aryl methyl sites for hydroxylation is 1. The lowest BCUT2D eigenvalue weighted by Crippen LogP contribution is -2.05. The van der Waals surface area contributed by atoms with Gasteiger partial charge in [-0.05, 0) is 13.0 Å². The third-order valence-electron chi connectivity index (χ3n) is 2.94. The molecule has 0 amide bonds. The molecular formula is C13H15N3O4. The van der Waals surface area contributed by atoms with E-state index in [1.165, 1.54) is 18.2 Å². The van der Waals surface area contributed by atoms with Crippen LogP contribution in [0, 0.1) is 10.1 Å². The first-order valence-corrected chi connectivity index (χ1v) is 6.15. The molecule has 0 unspecified atom stereocenters. The fourth-order valence-electron chi connectivity index (χ4n) is 1.85. The molecule has 1 aromatic heterocycles. The predicted octanol–water partition coefficient (Wildman–Crippen LogP) is 1.88. The zero-order chi connectivity index (χ0) is 14.5. The lowest BCUT2D eigenvalue weighted by Gasteiger charge is -2.11. The summed E-state index contributed by atoms with van der Waals surface area (Å²) >= 11 is 0. The molecular weight excluding hydrogens is 262 g/mol. The molecule has 0 saturated heterocycles. The van der Waals surface area contributed by atoms with Gasteiger partial charge < -0.3 is 14.4 Å². The summed E-state index contributed by atoms with van der Waals surface area (Å²) < 4.78 is 7.54. The highest BCUT2D eigenvalue weighted by atomic mass is 16.6. The molecule has 0 radical (unpaired) electrons. The number of aliphatic hydroxyl groups excluding tert-OH is 1. The molecule has 0 fully saturated rings. The molecule has 0 saturated carbocycles. The Morgan fingerprint density at radius 2 is 2.30 bits per heavy atom. The third kappa shape index (κ3) is 2.94. The van der Waals surface area contributed by atoms with Gasteiger partial charge in [-0.3, -0.25) is 10.1 Å². The van der Waals surface area contributed by atoms with E-state index in [0.717, 1.165) is 12.2 Å². The van der Waals surface area contributed by atoms with E-state index in [1.807, 2.05) is 11.5 Å². The van der Waals surface area contributed by atoms with Crippen LogP contribution in [0.25, 0.3) is 0 Å². The van der Waals surface area contributed by atoms with Crippen LogP contribution in [0.5, 0.6) is 5.75 Å². The topological polar surface area (TPSA) is 90.4 Å². The molecule has 1 aromatic carbocycles. The average Bonchev–Trinajstić information content (AvgIpc) is 2.92. The van der Waals surface area contributed by atoms with Crippen molar-refractivity contribution in [1.29, 1.82) is 0 Å². The van der Waals surface area contributed by atoms with Crippen LogP contribution in [-0.2, 0) is 19.8 Å². The zero-order valence-corrected chi connectivity index (χ0v) is 11.0. The van der Waals surface area contributed by atoms with Crippen molar-refractivity contribution < 1.29 is 14.8 Å². The van der Waals surface area contributed by atoms with Gasteiger partial charge in [0.15, 0.2) is 0 Å². The molecule has 1 heterocycles. The van der Waals surface area contributed by atoms with Crippen LogP contribution in [0.4, 0.5) is 5.69 Å². The summed E-state index contributed by atoms with van der Waals surface area (Å²) in [6.45, 7) is 2.75. The highest BCUT2D eigenvalue weighted by Gasteiger charge is 2.12. The van der Waals surface area contributed by atoms with Crippen LogP contribution in [-0.4, -0.2) is 19.6 Å². The molecule has 7 nitrogen and oxygen atoms in total. The number of nitro benzene ring substituents is 1. The minimum atomic E-state index is -0.505. The minimum absolute atomic E-state index is 0.0694. The molecule has 2 rings (SSSR count). The monoisotopic (exact) mass is 277 g/mol. The van der Waals surface area contributed by atoms with Crippen LogP contribution in [0.3, 0.4) is 0 Å². The highest BCUT2D eigenvalue weighted by molar-refractivity contribution is 5.43. The van der Waals surface area contributed by atoms with Gasteiger partial charge in [-0.1, -0.05) is 0 Å². The van der Waals surface area contributed by atoms with Crippen LogP contribution in [0.2, 0.25) is 0 Å². The van der Waals surface area contributed by atoms with Crippen LogP contribution < -0.4 is 4.74 Å². The average molecular weight is 277 g/mol. The normalized spacial score (nSPS) is 10.5. The molecule has 0 bridgehead atoms. The molecule has 0 atom stereocenters. The first-order valence-electron chi connectivity index (χ1n) is 6.15. The number of nitro groups is 1. The Morgan fingerprint density at radius 3 is 2.95 bits per heavy atom. The van der Waals surface area contributed by atoms with Gasteiger partial charge >= 0.3 is 0 Å². The van der Waals surface area contributed by atoms with Gasteiger partial charge in [0.25, 0.3) is 5.69 Å². The number of hydrogen-bond acceptors (Lipinski definition) is 5. The van der Waals surface area contributed by atoms with E-state index >= 15 is 0 Å².